The number of nitrogens with two attached hydrogens (primary N) is 1. The molecule has 0 radical (unpaired) electrons. The van der Waals surface area contributed by atoms with Crippen molar-refractivity contribution in [1.29, 1.82) is 0 Å². The highest BCUT2D eigenvalue weighted by atomic mass is 16.2. The van der Waals surface area contributed by atoms with E-state index < -0.39 is 11.7 Å². The van der Waals surface area contributed by atoms with E-state index in [-0.39, 0.29) is 11.9 Å². The summed E-state index contributed by atoms with van der Waals surface area (Å²) in [4.78, 5) is 46.1. The normalized spacial score (nSPS) is 15.9. The molecule has 1 aliphatic rings. The number of Topliss-reactive ketones (excluding diaryl/α,β-unsaturated/α-hetero) is 1. The number of pyridine rings is 1. The zero-order valence-corrected chi connectivity index (χ0v) is 19.3. The van der Waals surface area contributed by atoms with Gasteiger partial charge < -0.3 is 20.5 Å². The van der Waals surface area contributed by atoms with Crippen LogP contribution in [0.5, 0.6) is 0 Å². The fourth-order valence-electron chi connectivity index (χ4n) is 4.49. The molecule has 0 unspecified atom stereocenters. The van der Waals surface area contributed by atoms with Gasteiger partial charge in [-0.05, 0) is 18.6 Å². The zero-order chi connectivity index (χ0) is 24.5. The van der Waals surface area contributed by atoms with Gasteiger partial charge in [-0.2, -0.15) is 0 Å². The predicted molar refractivity (Wildman–Crippen MR) is 134 cm³/mol. The van der Waals surface area contributed by atoms with Crippen LogP contribution in [0.4, 0.5) is 5.82 Å². The van der Waals surface area contributed by atoms with Crippen LogP contribution in [-0.2, 0) is 4.79 Å². The number of nitrogens with zero attached hydrogens (tertiary/aromatic N) is 5. The third kappa shape index (κ3) is 4.12. The van der Waals surface area contributed by atoms with Crippen molar-refractivity contribution in [2.45, 2.75) is 13.0 Å². The highest BCUT2D eigenvalue weighted by Crippen LogP contribution is 2.28. The van der Waals surface area contributed by atoms with Gasteiger partial charge in [0.05, 0.1) is 23.5 Å². The molecular formula is C26H25N7O2. The number of H-pyrrole nitrogens is 1. The number of hydrogen-bond acceptors (Lipinski definition) is 7. The Bertz CT molecular complexity index is 1430. The first-order valence-electron chi connectivity index (χ1n) is 11.3. The van der Waals surface area contributed by atoms with Crippen molar-refractivity contribution in [3.8, 4) is 11.4 Å². The number of amides is 1. The Labute approximate surface area is 202 Å². The fourth-order valence-corrected chi connectivity index (χ4v) is 4.49. The molecule has 1 amide bonds. The number of fused-ring (bicyclic) bond motifs is 1. The highest BCUT2D eigenvalue weighted by molar-refractivity contribution is 6.45. The topological polar surface area (TPSA) is 121 Å². The lowest BCUT2D eigenvalue weighted by Crippen LogP contribution is -2.54. The Morgan fingerprint density at radius 3 is 2.69 bits per heavy atom. The number of anilines is 1. The van der Waals surface area contributed by atoms with Gasteiger partial charge in [-0.15, -0.1) is 0 Å². The maximum Gasteiger partial charge on any atom is 0.295 e. The van der Waals surface area contributed by atoms with E-state index in [2.05, 4.69) is 31.4 Å². The van der Waals surface area contributed by atoms with Crippen LogP contribution < -0.4 is 5.73 Å². The molecule has 4 aromatic rings. The van der Waals surface area contributed by atoms with Crippen LogP contribution in [0.3, 0.4) is 0 Å². The molecule has 35 heavy (non-hydrogen) atoms. The predicted octanol–water partition coefficient (Wildman–Crippen LogP) is 2.99. The SMILES string of the molecule is C=C(c1ccccc1)N1CCN(C(=O)C(=O)c2c[nH]c3c(-c4cncc(N)n4)nccc23)[C@H](C)C1. The first-order chi connectivity index (χ1) is 16.9. The largest absolute Gasteiger partial charge is 0.382 e. The second-order valence-electron chi connectivity index (χ2n) is 8.55. The number of carbonyl (C=O) groups excluding carboxylic acids is 2. The maximum atomic E-state index is 13.3. The number of nitrogens with one attached hydrogen (secondary N) is 1. The summed E-state index contributed by atoms with van der Waals surface area (Å²) in [7, 11) is 0. The van der Waals surface area contributed by atoms with Gasteiger partial charge in [0.25, 0.3) is 11.7 Å². The van der Waals surface area contributed by atoms with Crippen LogP contribution in [0, 0.1) is 0 Å². The second-order valence-corrected chi connectivity index (χ2v) is 8.55. The van der Waals surface area contributed by atoms with Crippen molar-refractivity contribution in [3.05, 3.63) is 78.9 Å². The molecule has 5 rings (SSSR count). The summed E-state index contributed by atoms with van der Waals surface area (Å²) < 4.78 is 0. The molecule has 3 N–H and O–H groups in total. The van der Waals surface area contributed by atoms with Crippen LogP contribution in [0.1, 0.15) is 22.8 Å². The molecule has 3 aromatic heterocycles. The van der Waals surface area contributed by atoms with Crippen LogP contribution >= 0.6 is 0 Å². The second kappa shape index (κ2) is 9.02. The number of aromatic nitrogens is 4. The lowest BCUT2D eigenvalue weighted by molar-refractivity contribution is -0.130. The van der Waals surface area contributed by atoms with E-state index >= 15 is 0 Å². The number of hydrogen-bond donors (Lipinski definition) is 2. The Hall–Kier alpha value is -4.53. The van der Waals surface area contributed by atoms with Gasteiger partial charge in [-0.1, -0.05) is 36.9 Å². The molecule has 0 spiro atoms. The Kier molecular flexibility index (Phi) is 5.74. The molecule has 1 aromatic carbocycles. The summed E-state index contributed by atoms with van der Waals surface area (Å²) in [6.07, 6.45) is 6.13. The Morgan fingerprint density at radius 1 is 1.14 bits per heavy atom. The van der Waals surface area contributed by atoms with E-state index in [4.69, 9.17) is 5.73 Å². The number of ketones is 1. The van der Waals surface area contributed by atoms with Crippen LogP contribution in [-0.4, -0.2) is 67.1 Å². The van der Waals surface area contributed by atoms with Crippen molar-refractivity contribution in [2.24, 2.45) is 0 Å². The van der Waals surface area contributed by atoms with Crippen LogP contribution in [0.2, 0.25) is 0 Å². The standard InChI is InChI=1S/C26H25N7O2/c1-16-15-32(17(2)18-6-4-3-5-7-18)10-11-33(16)26(35)25(34)20-12-30-23-19(20)8-9-29-24(23)21-13-28-14-22(27)31-21/h3-9,12-14,16,30H,2,10-11,15H2,1H3,(H2,27,31)/t16-/m1/s1. The van der Waals surface area contributed by atoms with Crippen molar-refractivity contribution < 1.29 is 9.59 Å². The Morgan fingerprint density at radius 2 is 1.94 bits per heavy atom. The summed E-state index contributed by atoms with van der Waals surface area (Å²) in [6.45, 7) is 7.82. The van der Waals surface area contributed by atoms with Gasteiger partial charge in [0.2, 0.25) is 0 Å². The first kappa shape index (κ1) is 22.3. The number of piperazine rings is 1. The van der Waals surface area contributed by atoms with Crippen molar-refractivity contribution in [3.63, 3.8) is 0 Å². The highest BCUT2D eigenvalue weighted by Gasteiger charge is 2.33. The number of carbonyl (C=O) groups is 2. The zero-order valence-electron chi connectivity index (χ0n) is 19.3. The molecule has 9 nitrogen and oxygen atoms in total. The summed E-state index contributed by atoms with van der Waals surface area (Å²) in [5.74, 6) is -0.817. The van der Waals surface area contributed by atoms with E-state index in [1.54, 1.807) is 29.6 Å². The van der Waals surface area contributed by atoms with Gasteiger partial charge in [0.15, 0.2) is 0 Å². The minimum Gasteiger partial charge on any atom is -0.382 e. The van der Waals surface area contributed by atoms with Crippen LogP contribution in [0.25, 0.3) is 28.0 Å². The van der Waals surface area contributed by atoms with Crippen molar-refractivity contribution in [1.82, 2.24) is 29.7 Å². The quantitative estimate of drug-likeness (QED) is 0.342. The maximum absolute atomic E-state index is 13.3. The lowest BCUT2D eigenvalue weighted by Gasteiger charge is -2.41. The molecule has 1 atom stereocenters. The van der Waals surface area contributed by atoms with Gasteiger partial charge >= 0.3 is 0 Å². The fraction of sp³-hybridized carbons (Fsp3) is 0.192. The molecule has 0 bridgehead atoms. The molecule has 0 saturated carbocycles. The van der Waals surface area contributed by atoms with Crippen molar-refractivity contribution >= 4 is 34.1 Å². The summed E-state index contributed by atoms with van der Waals surface area (Å²) in [5.41, 5.74) is 9.61. The van der Waals surface area contributed by atoms with Gasteiger partial charge in [-0.3, -0.25) is 19.6 Å². The van der Waals surface area contributed by atoms with E-state index in [0.717, 1.165) is 11.3 Å². The van der Waals surface area contributed by atoms with Crippen LogP contribution in [0.15, 0.2) is 67.8 Å². The average Bonchev–Trinajstić information content (AvgIpc) is 3.32. The third-order valence-electron chi connectivity index (χ3n) is 6.31. The molecule has 1 fully saturated rings. The number of nitrogen functional groups attached to an aromatic ring is 1. The smallest absolute Gasteiger partial charge is 0.295 e. The minimum atomic E-state index is -0.561. The number of rotatable bonds is 5. The van der Waals surface area contributed by atoms with E-state index in [1.165, 1.54) is 6.20 Å². The van der Waals surface area contributed by atoms with Gasteiger partial charge in [0.1, 0.15) is 17.2 Å². The Balaban J connectivity index is 1.36. The molecule has 9 heteroatoms. The van der Waals surface area contributed by atoms with E-state index in [9.17, 15) is 9.59 Å². The molecule has 1 saturated heterocycles. The monoisotopic (exact) mass is 467 g/mol. The van der Waals surface area contributed by atoms with Gasteiger partial charge in [-0.25, -0.2) is 4.98 Å². The van der Waals surface area contributed by atoms with Crippen molar-refractivity contribution in [2.75, 3.05) is 25.4 Å². The van der Waals surface area contributed by atoms with E-state index in [0.29, 0.717) is 47.5 Å². The number of aromatic amines is 1. The van der Waals surface area contributed by atoms with Gasteiger partial charge in [0, 0.05) is 49.2 Å². The summed E-state index contributed by atoms with van der Waals surface area (Å²) in [5, 5.41) is 0.598. The number of benzene rings is 1. The molecule has 1 aliphatic heterocycles. The van der Waals surface area contributed by atoms with E-state index in [1.807, 2.05) is 37.3 Å². The lowest BCUT2D eigenvalue weighted by atomic mass is 10.1. The summed E-state index contributed by atoms with van der Waals surface area (Å²) >= 11 is 0. The molecular weight excluding hydrogens is 442 g/mol. The first-order valence-corrected chi connectivity index (χ1v) is 11.3. The molecule has 0 aliphatic carbocycles. The minimum absolute atomic E-state index is 0.148. The average molecular weight is 468 g/mol. The molecule has 4 heterocycles. The summed E-state index contributed by atoms with van der Waals surface area (Å²) in [6, 6.07) is 11.5. The third-order valence-corrected chi connectivity index (χ3v) is 6.31. The molecule has 176 valence electrons.